The molecule has 10 nitrogen and oxygen atoms in total. The van der Waals surface area contributed by atoms with E-state index in [-0.39, 0.29) is 35.4 Å². The normalized spacial score (nSPS) is 27.2. The SMILES string of the molecule is CC(=O)Nc1ccc2c(OC(C)=O)cc3c(c2c1)[C@@H](CCl)CN3C(=O)C12CC3(C(=O)N4C[C@@H](CCl)c5c4cc(OC(C)=O)c4ccccc54)CC31C2. The van der Waals surface area contributed by atoms with Crippen LogP contribution in [0.3, 0.4) is 0 Å². The molecule has 1 spiro atoms. The van der Waals surface area contributed by atoms with Crippen LogP contribution in [0.25, 0.3) is 21.5 Å². The number of alkyl halides is 2. The standard InChI is InChI=1S/C40H35Cl2N3O7/c1-20(46)43-25-8-9-27-29(10-25)35-24(14-42)16-45(31(35)12-33(27)52-22(3)48)37(50)39-17-38(18-40(38,39)19-39)36(49)44-15-23(13-41)34-28-7-5-4-6-26(28)32(11-30(34)44)51-21(2)47/h4-12,23-24H,13-19H2,1-3H3,(H,43,46)/t23-,24+,38?,39?,40?/m1/s1. The summed E-state index contributed by atoms with van der Waals surface area (Å²) in [5.74, 6) is -0.240. The van der Waals surface area contributed by atoms with Crippen molar-refractivity contribution in [1.82, 2.24) is 0 Å². The van der Waals surface area contributed by atoms with Gasteiger partial charge in [0.1, 0.15) is 11.5 Å². The van der Waals surface area contributed by atoms with Gasteiger partial charge in [0.05, 0.1) is 22.2 Å². The molecule has 4 aromatic rings. The van der Waals surface area contributed by atoms with Crippen molar-refractivity contribution in [3.63, 3.8) is 0 Å². The highest BCUT2D eigenvalue weighted by atomic mass is 35.5. The molecule has 0 aromatic heterocycles. The number of hydrogen-bond acceptors (Lipinski definition) is 7. The van der Waals surface area contributed by atoms with E-state index < -0.39 is 28.2 Å². The number of carbonyl (C=O) groups is 5. The maximum atomic E-state index is 14.7. The van der Waals surface area contributed by atoms with Gasteiger partial charge in [0.25, 0.3) is 0 Å². The molecular formula is C40H35Cl2N3O7. The number of carbonyl (C=O) groups excluding carboxylic acids is 5. The summed E-state index contributed by atoms with van der Waals surface area (Å²) >= 11 is 13.1. The number of ether oxygens (including phenoxy) is 2. The molecule has 5 atom stereocenters. The number of rotatable bonds is 7. The first-order chi connectivity index (χ1) is 24.9. The van der Waals surface area contributed by atoms with Gasteiger partial charge >= 0.3 is 11.9 Å². The van der Waals surface area contributed by atoms with Crippen LogP contribution in [0.1, 0.15) is 63.0 Å². The highest BCUT2D eigenvalue weighted by Gasteiger charge is 3.01. The zero-order valence-electron chi connectivity index (χ0n) is 28.8. The molecule has 4 aromatic carbocycles. The van der Waals surface area contributed by atoms with Crippen LogP contribution in [0.15, 0.2) is 54.6 Å². The van der Waals surface area contributed by atoms with Crippen LogP contribution in [-0.2, 0) is 24.0 Å². The molecule has 5 aliphatic rings. The van der Waals surface area contributed by atoms with Crippen LogP contribution in [0, 0.1) is 16.2 Å². The third kappa shape index (κ3) is 4.34. The number of halogens is 2. The first-order valence-corrected chi connectivity index (χ1v) is 18.5. The fourth-order valence-corrected chi connectivity index (χ4v) is 10.7. The van der Waals surface area contributed by atoms with Crippen LogP contribution in [-0.4, -0.2) is 54.5 Å². The Morgan fingerprint density at radius 2 is 1.19 bits per heavy atom. The largest absolute Gasteiger partial charge is 0.426 e. The molecule has 3 fully saturated rings. The second kappa shape index (κ2) is 11.2. The van der Waals surface area contributed by atoms with Crippen LogP contribution >= 0.6 is 23.2 Å². The number of anilines is 3. The zero-order chi connectivity index (χ0) is 36.5. The highest BCUT2D eigenvalue weighted by Crippen LogP contribution is 3.01. The van der Waals surface area contributed by atoms with Gasteiger partial charge in [-0.05, 0) is 59.4 Å². The van der Waals surface area contributed by atoms with E-state index in [9.17, 15) is 24.0 Å². The van der Waals surface area contributed by atoms with Crippen molar-refractivity contribution < 1.29 is 33.4 Å². The number of nitrogens with zero attached hydrogens (tertiary/aromatic N) is 2. The summed E-state index contributed by atoms with van der Waals surface area (Å²) in [5.41, 5.74) is 2.00. The van der Waals surface area contributed by atoms with Gasteiger partial charge in [-0.25, -0.2) is 0 Å². The van der Waals surface area contributed by atoms with E-state index in [2.05, 4.69) is 5.32 Å². The van der Waals surface area contributed by atoms with E-state index in [1.54, 1.807) is 29.2 Å². The summed E-state index contributed by atoms with van der Waals surface area (Å²) in [6.45, 7) is 4.87. The third-order valence-electron chi connectivity index (χ3n) is 12.3. The van der Waals surface area contributed by atoms with E-state index in [0.29, 0.717) is 72.2 Å². The van der Waals surface area contributed by atoms with Crippen LogP contribution in [0.2, 0.25) is 0 Å². The Morgan fingerprint density at radius 3 is 1.67 bits per heavy atom. The van der Waals surface area contributed by atoms with Gasteiger partial charge in [0, 0.05) is 91.5 Å². The molecular weight excluding hydrogens is 705 g/mol. The van der Waals surface area contributed by atoms with Crippen molar-refractivity contribution >= 4 is 91.5 Å². The predicted molar refractivity (Wildman–Crippen MR) is 198 cm³/mol. The molecule has 3 aliphatic carbocycles. The molecule has 0 radical (unpaired) electrons. The number of amides is 3. The Bertz CT molecular complexity index is 2350. The number of fused-ring (bicyclic) bond motifs is 6. The molecule has 266 valence electrons. The monoisotopic (exact) mass is 739 g/mol. The average molecular weight is 741 g/mol. The molecule has 3 saturated carbocycles. The van der Waals surface area contributed by atoms with Gasteiger partial charge in [0.15, 0.2) is 0 Å². The van der Waals surface area contributed by atoms with Crippen LogP contribution in [0.4, 0.5) is 17.1 Å². The fourth-order valence-electron chi connectivity index (χ4n) is 10.2. The zero-order valence-corrected chi connectivity index (χ0v) is 30.3. The van der Waals surface area contributed by atoms with Gasteiger partial charge in [-0.2, -0.15) is 0 Å². The van der Waals surface area contributed by atoms with Crippen molar-refractivity contribution in [3.05, 3.63) is 65.7 Å². The van der Waals surface area contributed by atoms with Gasteiger partial charge in [-0.3, -0.25) is 24.0 Å². The predicted octanol–water partition coefficient (Wildman–Crippen LogP) is 7.01. The Morgan fingerprint density at radius 1 is 0.692 bits per heavy atom. The molecule has 3 amide bonds. The summed E-state index contributed by atoms with van der Waals surface area (Å²) in [6, 6.07) is 16.6. The maximum Gasteiger partial charge on any atom is 0.308 e. The van der Waals surface area contributed by atoms with Crippen molar-refractivity contribution in [2.75, 3.05) is 40.0 Å². The quantitative estimate of drug-likeness (QED) is 0.123. The van der Waals surface area contributed by atoms with Crippen molar-refractivity contribution in [2.45, 2.75) is 51.9 Å². The lowest BCUT2D eigenvalue weighted by Crippen LogP contribution is -2.49. The van der Waals surface area contributed by atoms with Crippen molar-refractivity contribution in [1.29, 1.82) is 0 Å². The van der Waals surface area contributed by atoms with E-state index in [0.717, 1.165) is 27.3 Å². The minimum atomic E-state index is -0.670. The third-order valence-corrected chi connectivity index (χ3v) is 13.0. The molecule has 0 saturated heterocycles. The molecule has 3 unspecified atom stereocenters. The lowest BCUT2D eigenvalue weighted by Gasteiger charge is -2.37. The lowest BCUT2D eigenvalue weighted by atomic mass is 9.72. The summed E-state index contributed by atoms with van der Waals surface area (Å²) in [7, 11) is 0. The van der Waals surface area contributed by atoms with Gasteiger partial charge in [-0.1, -0.05) is 24.3 Å². The van der Waals surface area contributed by atoms with Crippen molar-refractivity contribution in [2.24, 2.45) is 16.2 Å². The molecule has 1 N–H and O–H groups in total. The van der Waals surface area contributed by atoms with Gasteiger partial charge in [0.2, 0.25) is 17.7 Å². The Labute approximate surface area is 309 Å². The number of hydrogen-bond donors (Lipinski definition) is 1. The molecule has 0 bridgehead atoms. The Hall–Kier alpha value is -4.67. The van der Waals surface area contributed by atoms with E-state index in [4.69, 9.17) is 32.7 Å². The van der Waals surface area contributed by atoms with E-state index >= 15 is 0 Å². The molecule has 9 rings (SSSR count). The summed E-state index contributed by atoms with van der Waals surface area (Å²) < 4.78 is 11.3. The number of esters is 2. The summed E-state index contributed by atoms with van der Waals surface area (Å²) in [6.07, 6.45) is 1.69. The second-order valence-electron chi connectivity index (χ2n) is 15.1. The van der Waals surface area contributed by atoms with E-state index in [1.165, 1.54) is 20.8 Å². The van der Waals surface area contributed by atoms with Gasteiger partial charge in [-0.15, -0.1) is 23.2 Å². The van der Waals surface area contributed by atoms with Crippen LogP contribution < -0.4 is 24.6 Å². The average Bonchev–Trinajstić information content (AvgIpc) is 3.62. The topological polar surface area (TPSA) is 122 Å². The summed E-state index contributed by atoms with van der Waals surface area (Å²) in [4.78, 5) is 69.1. The maximum absolute atomic E-state index is 14.7. The lowest BCUT2D eigenvalue weighted by molar-refractivity contribution is -0.134. The Balaban J connectivity index is 1.05. The first-order valence-electron chi connectivity index (χ1n) is 17.5. The van der Waals surface area contributed by atoms with Crippen LogP contribution in [0.5, 0.6) is 11.5 Å². The van der Waals surface area contributed by atoms with Crippen molar-refractivity contribution in [3.8, 4) is 11.5 Å². The van der Waals surface area contributed by atoms with Gasteiger partial charge < -0.3 is 24.6 Å². The minimum Gasteiger partial charge on any atom is -0.426 e. The molecule has 12 heteroatoms. The molecule has 2 heterocycles. The summed E-state index contributed by atoms with van der Waals surface area (Å²) in [5, 5.41) is 5.93. The van der Waals surface area contributed by atoms with E-state index in [1.807, 2.05) is 35.2 Å². The Kier molecular flexibility index (Phi) is 7.13. The highest BCUT2D eigenvalue weighted by molar-refractivity contribution is 6.20. The second-order valence-corrected chi connectivity index (χ2v) is 15.7. The first kappa shape index (κ1) is 33.2. The number of benzene rings is 4. The molecule has 2 aliphatic heterocycles. The molecule has 52 heavy (non-hydrogen) atoms. The minimum absolute atomic E-state index is 0.0135. The smallest absolute Gasteiger partial charge is 0.308 e. The fraction of sp³-hybridized carbons (Fsp3) is 0.375. The number of nitrogens with one attached hydrogen (secondary N) is 1.